The Morgan fingerprint density at radius 3 is 1.74 bits per heavy atom. The molecule has 1 unspecified atom stereocenters. The number of ether oxygens (including phenoxy) is 4. The predicted octanol–water partition coefficient (Wildman–Crippen LogP) is 4.99. The Hall–Kier alpha value is -7.29. The Labute approximate surface area is 327 Å². The molecule has 300 valence electrons. The number of nitro groups is 3. The molecule has 4 aromatic carbocycles. The molecule has 0 bridgehead atoms. The number of carbonyl (C=O) groups excluding carboxylic acids is 1. The first-order chi connectivity index (χ1) is 27.9. The van der Waals surface area contributed by atoms with E-state index < -0.39 is 64.6 Å². The summed E-state index contributed by atoms with van der Waals surface area (Å²) in [5, 5.41) is 57.4. The van der Waals surface area contributed by atoms with Crippen LogP contribution in [0.15, 0.2) is 102 Å². The van der Waals surface area contributed by atoms with Crippen molar-refractivity contribution in [2.24, 2.45) is 0 Å². The van der Waals surface area contributed by atoms with Crippen LogP contribution in [0.4, 0.5) is 22.9 Å². The van der Waals surface area contributed by atoms with Crippen LogP contribution in [-0.2, 0) is 24.6 Å². The van der Waals surface area contributed by atoms with Gasteiger partial charge in [0.2, 0.25) is 5.75 Å². The van der Waals surface area contributed by atoms with Gasteiger partial charge in [-0.1, -0.05) is 36.4 Å². The van der Waals surface area contributed by atoms with Gasteiger partial charge in [-0.15, -0.1) is 0 Å². The molecule has 58 heavy (non-hydrogen) atoms. The zero-order valence-electron chi connectivity index (χ0n) is 30.2. The van der Waals surface area contributed by atoms with E-state index in [9.17, 15) is 50.1 Å². The standard InChI is InChI=1S/C38H34N6O14/c45-16-14-31-30(46)19-35(58-31)41-15-13-34(40-38(41)48)39-37(47)26-17-32(55-20-23-7-1-4-10-27(23)42(49)50)36(57-22-25-9-3-6-12-29(25)44(53)54)33(18-26)56-21-24-8-2-5-11-28(24)43(51)52/h1-13,15,17-18,30-31,35,45-46H,14,16,19-22H2,(H,39,40,47,48)/t30-,31?,35-/m1/s1. The summed E-state index contributed by atoms with van der Waals surface area (Å²) in [4.78, 5) is 64.3. The van der Waals surface area contributed by atoms with E-state index in [-0.39, 0.29) is 81.8 Å². The van der Waals surface area contributed by atoms with Gasteiger partial charge >= 0.3 is 5.69 Å². The molecule has 3 N–H and O–H groups in total. The van der Waals surface area contributed by atoms with Gasteiger partial charge in [0.25, 0.3) is 23.0 Å². The molecule has 1 aliphatic heterocycles. The van der Waals surface area contributed by atoms with Crippen molar-refractivity contribution in [3.63, 3.8) is 0 Å². The monoisotopic (exact) mass is 798 g/mol. The van der Waals surface area contributed by atoms with Crippen molar-refractivity contribution in [3.05, 3.63) is 160 Å². The Balaban J connectivity index is 1.38. The number of nitro benzene ring substituents is 3. The molecule has 20 nitrogen and oxygen atoms in total. The second-order valence-electron chi connectivity index (χ2n) is 12.7. The zero-order valence-corrected chi connectivity index (χ0v) is 30.2. The molecule has 6 rings (SSSR count). The van der Waals surface area contributed by atoms with Crippen LogP contribution in [0.25, 0.3) is 0 Å². The molecule has 20 heteroatoms. The Morgan fingerprint density at radius 1 is 0.793 bits per heavy atom. The third-order valence-electron chi connectivity index (χ3n) is 8.99. The summed E-state index contributed by atoms with van der Waals surface area (Å²) in [7, 11) is 0. The first-order valence-electron chi connectivity index (χ1n) is 17.5. The van der Waals surface area contributed by atoms with Gasteiger partial charge in [0.05, 0.1) is 43.7 Å². The number of amides is 1. The number of aliphatic hydroxyl groups excluding tert-OH is 2. The molecular formula is C38H34N6O14. The quantitative estimate of drug-likeness (QED) is 0.0826. The number of para-hydroxylation sites is 3. The summed E-state index contributed by atoms with van der Waals surface area (Å²) < 4.78 is 25.0. The van der Waals surface area contributed by atoms with E-state index in [1.807, 2.05) is 0 Å². The fraction of sp³-hybridized carbons (Fsp3) is 0.237. The average molecular weight is 799 g/mol. The lowest BCUT2D eigenvalue weighted by molar-refractivity contribution is -0.386. The van der Waals surface area contributed by atoms with E-state index >= 15 is 0 Å². The van der Waals surface area contributed by atoms with Crippen molar-refractivity contribution in [1.29, 1.82) is 0 Å². The predicted molar refractivity (Wildman–Crippen MR) is 201 cm³/mol. The van der Waals surface area contributed by atoms with Crippen LogP contribution < -0.4 is 25.2 Å². The van der Waals surface area contributed by atoms with Gasteiger partial charge in [-0.25, -0.2) is 4.79 Å². The van der Waals surface area contributed by atoms with E-state index in [0.717, 1.165) is 4.57 Å². The third kappa shape index (κ3) is 9.38. The summed E-state index contributed by atoms with van der Waals surface area (Å²) in [5.74, 6) is -1.65. The maximum absolute atomic E-state index is 13.8. The fourth-order valence-corrected chi connectivity index (χ4v) is 6.12. The third-order valence-corrected chi connectivity index (χ3v) is 8.99. The molecule has 1 fully saturated rings. The molecule has 2 heterocycles. The van der Waals surface area contributed by atoms with Crippen molar-refractivity contribution < 1.29 is 48.7 Å². The smallest absolute Gasteiger partial charge is 0.351 e. The molecule has 0 aliphatic carbocycles. The number of benzene rings is 4. The highest BCUT2D eigenvalue weighted by molar-refractivity contribution is 6.04. The van der Waals surface area contributed by atoms with Crippen LogP contribution in [0.5, 0.6) is 17.2 Å². The highest BCUT2D eigenvalue weighted by Gasteiger charge is 2.35. The first-order valence-corrected chi connectivity index (χ1v) is 17.5. The lowest BCUT2D eigenvalue weighted by Gasteiger charge is -2.19. The number of aromatic nitrogens is 2. The number of rotatable bonds is 17. The molecule has 1 amide bonds. The van der Waals surface area contributed by atoms with Gasteiger partial charge < -0.3 is 34.5 Å². The van der Waals surface area contributed by atoms with Crippen molar-refractivity contribution in [2.45, 2.75) is 51.1 Å². The Bertz CT molecular complexity index is 2320. The van der Waals surface area contributed by atoms with Gasteiger partial charge in [-0.3, -0.25) is 39.7 Å². The van der Waals surface area contributed by atoms with Crippen molar-refractivity contribution in [2.75, 3.05) is 11.9 Å². The summed E-state index contributed by atoms with van der Waals surface area (Å²) in [6.45, 7) is -1.50. The maximum atomic E-state index is 13.8. The van der Waals surface area contributed by atoms with Gasteiger partial charge in [0, 0.05) is 43.0 Å². The molecule has 0 saturated carbocycles. The summed E-state index contributed by atoms with van der Waals surface area (Å²) in [6.07, 6.45) is -0.954. The van der Waals surface area contributed by atoms with Gasteiger partial charge in [0.15, 0.2) is 11.5 Å². The lowest BCUT2D eigenvalue weighted by Crippen LogP contribution is -2.28. The molecule has 1 saturated heterocycles. The highest BCUT2D eigenvalue weighted by atomic mass is 16.6. The fourth-order valence-electron chi connectivity index (χ4n) is 6.12. The molecule has 5 aromatic rings. The second kappa shape index (κ2) is 18.1. The number of anilines is 1. The molecule has 0 spiro atoms. The second-order valence-corrected chi connectivity index (χ2v) is 12.7. The van der Waals surface area contributed by atoms with Crippen molar-refractivity contribution >= 4 is 28.8 Å². The van der Waals surface area contributed by atoms with E-state index in [4.69, 9.17) is 18.9 Å². The number of carbonyl (C=O) groups is 1. The Morgan fingerprint density at radius 2 is 1.28 bits per heavy atom. The highest BCUT2D eigenvalue weighted by Crippen LogP contribution is 2.42. The molecule has 3 atom stereocenters. The van der Waals surface area contributed by atoms with Gasteiger partial charge in [-0.2, -0.15) is 4.98 Å². The van der Waals surface area contributed by atoms with Crippen LogP contribution in [0.1, 0.15) is 46.1 Å². The molecule has 0 radical (unpaired) electrons. The average Bonchev–Trinajstić information content (AvgIpc) is 3.57. The summed E-state index contributed by atoms with van der Waals surface area (Å²) >= 11 is 0. The minimum Gasteiger partial charge on any atom is -0.485 e. The van der Waals surface area contributed by atoms with Crippen LogP contribution >= 0.6 is 0 Å². The summed E-state index contributed by atoms with van der Waals surface area (Å²) in [5.41, 5.74) is -1.37. The summed E-state index contributed by atoms with van der Waals surface area (Å²) in [6, 6.07) is 21.0. The topological polar surface area (TPSA) is 271 Å². The normalized spacial score (nSPS) is 16.0. The van der Waals surface area contributed by atoms with Crippen LogP contribution in [0, 0.1) is 30.3 Å². The number of nitrogens with zero attached hydrogens (tertiary/aromatic N) is 5. The van der Waals surface area contributed by atoms with E-state index in [1.54, 1.807) is 18.2 Å². The van der Waals surface area contributed by atoms with Gasteiger partial charge in [0.1, 0.15) is 31.9 Å². The van der Waals surface area contributed by atoms with E-state index in [2.05, 4.69) is 10.3 Å². The van der Waals surface area contributed by atoms with Crippen LogP contribution in [0.3, 0.4) is 0 Å². The first kappa shape index (κ1) is 40.4. The van der Waals surface area contributed by atoms with Crippen molar-refractivity contribution in [3.8, 4) is 17.2 Å². The minimum atomic E-state index is -0.924. The van der Waals surface area contributed by atoms with Gasteiger partial charge in [-0.05, 0) is 42.8 Å². The molecule has 1 aromatic heterocycles. The van der Waals surface area contributed by atoms with E-state index in [0.29, 0.717) is 0 Å². The maximum Gasteiger partial charge on any atom is 0.351 e. The zero-order chi connectivity index (χ0) is 41.3. The van der Waals surface area contributed by atoms with Crippen LogP contribution in [0.2, 0.25) is 0 Å². The number of aliphatic hydroxyl groups is 2. The number of hydrogen-bond acceptors (Lipinski definition) is 15. The SMILES string of the molecule is O=C(Nc1ccn([C@H]2C[C@@H](O)C(CCO)O2)c(=O)n1)c1cc(OCc2ccccc2[N+](=O)[O-])c(OCc2ccccc2[N+](=O)[O-])c(OCc2ccccc2[N+](=O)[O-])c1. The van der Waals surface area contributed by atoms with Crippen molar-refractivity contribution in [1.82, 2.24) is 9.55 Å². The largest absolute Gasteiger partial charge is 0.485 e. The minimum absolute atomic E-state index is 0.0633. The molecular weight excluding hydrogens is 764 g/mol. The Kier molecular flexibility index (Phi) is 12.6. The number of nitrogens with one attached hydrogen (secondary N) is 1. The molecule has 1 aliphatic rings. The lowest BCUT2D eigenvalue weighted by atomic mass is 10.1. The number of hydrogen-bond donors (Lipinski definition) is 3. The van der Waals surface area contributed by atoms with Crippen LogP contribution in [-0.4, -0.2) is 59.3 Å². The van der Waals surface area contributed by atoms with E-state index in [1.165, 1.54) is 79.0 Å².